The minimum absolute atomic E-state index is 0.168. The third-order valence-corrected chi connectivity index (χ3v) is 7.22. The zero-order chi connectivity index (χ0) is 26.0. The van der Waals surface area contributed by atoms with E-state index in [9.17, 15) is 14.4 Å². The van der Waals surface area contributed by atoms with Crippen LogP contribution in [-0.2, 0) is 25.7 Å². The van der Waals surface area contributed by atoms with Gasteiger partial charge in [-0.1, -0.05) is 41.0 Å². The highest BCUT2D eigenvalue weighted by molar-refractivity contribution is 6.30. The van der Waals surface area contributed by atoms with Crippen LogP contribution >= 0.6 is 11.6 Å². The van der Waals surface area contributed by atoms with Crippen LogP contribution in [0.15, 0.2) is 47.0 Å². The van der Waals surface area contributed by atoms with E-state index in [-0.39, 0.29) is 24.2 Å². The SMILES string of the molecule is Cc1cc(NC(=O)[C@@H]2[C@H]3C(=O)N(Cc4ccc(Cl)cc4)[C@H](C(=O)NC(C)(C)C)[C@@]34C=C[C@@]2(C)O4)no1. The van der Waals surface area contributed by atoms with Crippen LogP contribution in [0.5, 0.6) is 0 Å². The fourth-order valence-corrected chi connectivity index (χ4v) is 5.78. The van der Waals surface area contributed by atoms with Gasteiger partial charge in [-0.3, -0.25) is 14.4 Å². The molecule has 3 aliphatic heterocycles. The number of nitrogens with zero attached hydrogens (tertiary/aromatic N) is 2. The molecular formula is C26H29ClN4O5. The molecule has 2 fully saturated rings. The van der Waals surface area contributed by atoms with Crippen molar-refractivity contribution < 1.29 is 23.6 Å². The van der Waals surface area contributed by atoms with E-state index in [1.807, 2.05) is 32.9 Å². The number of nitrogens with one attached hydrogen (secondary N) is 2. The van der Waals surface area contributed by atoms with Gasteiger partial charge in [0.1, 0.15) is 17.4 Å². The smallest absolute Gasteiger partial charge is 0.246 e. The minimum Gasteiger partial charge on any atom is -0.360 e. The molecule has 0 saturated carbocycles. The summed E-state index contributed by atoms with van der Waals surface area (Å²) in [5, 5.41) is 10.2. The highest BCUT2D eigenvalue weighted by Crippen LogP contribution is 2.60. The maximum Gasteiger partial charge on any atom is 0.246 e. The van der Waals surface area contributed by atoms with Gasteiger partial charge < -0.3 is 24.8 Å². The Morgan fingerprint density at radius 1 is 1.17 bits per heavy atom. The van der Waals surface area contributed by atoms with Gasteiger partial charge in [-0.05, 0) is 52.3 Å². The van der Waals surface area contributed by atoms with E-state index in [1.165, 1.54) is 4.90 Å². The Hall–Kier alpha value is -3.17. The summed E-state index contributed by atoms with van der Waals surface area (Å²) < 4.78 is 11.6. The summed E-state index contributed by atoms with van der Waals surface area (Å²) in [6.07, 6.45) is 3.58. The Morgan fingerprint density at radius 2 is 1.86 bits per heavy atom. The number of halogens is 1. The van der Waals surface area contributed by atoms with Gasteiger partial charge in [-0.25, -0.2) is 0 Å². The molecule has 36 heavy (non-hydrogen) atoms. The van der Waals surface area contributed by atoms with Gasteiger partial charge in [0.25, 0.3) is 0 Å². The highest BCUT2D eigenvalue weighted by atomic mass is 35.5. The molecule has 10 heteroatoms. The monoisotopic (exact) mass is 512 g/mol. The summed E-state index contributed by atoms with van der Waals surface area (Å²) in [6, 6.07) is 7.73. The Labute approximate surface area is 214 Å². The molecule has 4 heterocycles. The number of ether oxygens (including phenoxy) is 1. The molecule has 1 aromatic carbocycles. The van der Waals surface area contributed by atoms with Crippen molar-refractivity contribution >= 4 is 35.1 Å². The summed E-state index contributed by atoms with van der Waals surface area (Å²) in [4.78, 5) is 42.8. The first kappa shape index (κ1) is 24.5. The zero-order valence-corrected chi connectivity index (χ0v) is 21.6. The number of benzene rings is 1. The normalized spacial score (nSPS) is 30.6. The lowest BCUT2D eigenvalue weighted by molar-refractivity contribution is -0.145. The molecule has 3 amide bonds. The van der Waals surface area contributed by atoms with Crippen LogP contribution in [0, 0.1) is 18.8 Å². The first-order valence-corrected chi connectivity index (χ1v) is 12.2. The number of rotatable bonds is 5. The number of hydrogen-bond donors (Lipinski definition) is 2. The highest BCUT2D eigenvalue weighted by Gasteiger charge is 2.76. The number of anilines is 1. The second-order valence-electron chi connectivity index (χ2n) is 11.0. The number of amides is 3. The van der Waals surface area contributed by atoms with Crippen molar-refractivity contribution in [3.63, 3.8) is 0 Å². The number of carbonyl (C=O) groups is 3. The molecule has 5 atom stereocenters. The molecule has 3 aliphatic rings. The second kappa shape index (κ2) is 8.18. The van der Waals surface area contributed by atoms with E-state index >= 15 is 0 Å². The Kier molecular flexibility index (Phi) is 5.57. The van der Waals surface area contributed by atoms with Gasteiger partial charge >= 0.3 is 0 Å². The summed E-state index contributed by atoms with van der Waals surface area (Å²) in [6.45, 7) is 9.28. The molecule has 2 saturated heterocycles. The summed E-state index contributed by atoms with van der Waals surface area (Å²) in [7, 11) is 0. The van der Waals surface area contributed by atoms with Crippen LogP contribution in [0.25, 0.3) is 0 Å². The van der Waals surface area contributed by atoms with Crippen molar-refractivity contribution in [2.45, 2.75) is 63.9 Å². The van der Waals surface area contributed by atoms with Crippen LogP contribution in [0.2, 0.25) is 5.02 Å². The molecule has 9 nitrogen and oxygen atoms in total. The van der Waals surface area contributed by atoms with Crippen molar-refractivity contribution in [2.75, 3.05) is 5.32 Å². The Morgan fingerprint density at radius 3 is 2.47 bits per heavy atom. The maximum absolute atomic E-state index is 14.0. The van der Waals surface area contributed by atoms with Crippen molar-refractivity contribution in [1.82, 2.24) is 15.4 Å². The lowest BCUT2D eigenvalue weighted by atomic mass is 9.70. The number of fused-ring (bicyclic) bond motifs is 1. The molecular weight excluding hydrogens is 484 g/mol. The summed E-state index contributed by atoms with van der Waals surface area (Å²) in [5.74, 6) is -2.03. The number of aromatic nitrogens is 1. The van der Waals surface area contributed by atoms with Gasteiger partial charge in [0.15, 0.2) is 5.82 Å². The van der Waals surface area contributed by atoms with Crippen molar-refractivity contribution in [2.24, 2.45) is 11.8 Å². The number of carbonyl (C=O) groups excluding carboxylic acids is 3. The van der Waals surface area contributed by atoms with Gasteiger partial charge in [-0.2, -0.15) is 0 Å². The van der Waals surface area contributed by atoms with Gasteiger partial charge in [-0.15, -0.1) is 0 Å². The number of likely N-dealkylation sites (tertiary alicyclic amines) is 1. The van der Waals surface area contributed by atoms with Crippen molar-refractivity contribution in [3.8, 4) is 0 Å². The average molecular weight is 513 g/mol. The maximum atomic E-state index is 14.0. The van der Waals surface area contributed by atoms with Gasteiger partial charge in [0, 0.05) is 23.2 Å². The zero-order valence-electron chi connectivity index (χ0n) is 20.8. The molecule has 0 radical (unpaired) electrons. The lowest BCUT2D eigenvalue weighted by Gasteiger charge is -2.35. The number of hydrogen-bond acceptors (Lipinski definition) is 6. The predicted molar refractivity (Wildman–Crippen MR) is 132 cm³/mol. The molecule has 2 bridgehead atoms. The summed E-state index contributed by atoms with van der Waals surface area (Å²) >= 11 is 6.04. The van der Waals surface area contributed by atoms with Crippen LogP contribution in [0.3, 0.4) is 0 Å². The first-order chi connectivity index (χ1) is 16.8. The van der Waals surface area contributed by atoms with Gasteiger partial charge in [0.05, 0.1) is 17.4 Å². The van der Waals surface area contributed by atoms with E-state index in [0.717, 1.165) is 5.56 Å². The Balaban J connectivity index is 1.54. The van der Waals surface area contributed by atoms with Gasteiger partial charge in [0.2, 0.25) is 17.7 Å². The second-order valence-corrected chi connectivity index (χ2v) is 11.4. The van der Waals surface area contributed by atoms with E-state index in [1.54, 1.807) is 44.2 Å². The van der Waals surface area contributed by atoms with Crippen molar-refractivity contribution in [1.29, 1.82) is 0 Å². The topological polar surface area (TPSA) is 114 Å². The number of aryl methyl sites for hydroxylation is 1. The Bertz CT molecular complexity index is 1270. The molecule has 2 aromatic rings. The van der Waals surface area contributed by atoms with Crippen LogP contribution in [0.1, 0.15) is 39.0 Å². The van der Waals surface area contributed by atoms with E-state index in [2.05, 4.69) is 15.8 Å². The van der Waals surface area contributed by atoms with Crippen LogP contribution in [0.4, 0.5) is 5.82 Å². The molecule has 1 spiro atoms. The predicted octanol–water partition coefficient (Wildman–Crippen LogP) is 3.23. The molecule has 0 unspecified atom stereocenters. The lowest BCUT2D eigenvalue weighted by Crippen LogP contribution is -2.57. The molecule has 190 valence electrons. The molecule has 0 aliphatic carbocycles. The van der Waals surface area contributed by atoms with E-state index in [0.29, 0.717) is 10.8 Å². The van der Waals surface area contributed by atoms with E-state index < -0.39 is 40.5 Å². The quantitative estimate of drug-likeness (QED) is 0.594. The fraction of sp³-hybridized carbons (Fsp3) is 0.462. The minimum atomic E-state index is -1.28. The molecule has 5 rings (SSSR count). The first-order valence-electron chi connectivity index (χ1n) is 11.8. The third kappa shape index (κ3) is 3.90. The van der Waals surface area contributed by atoms with Crippen LogP contribution in [-0.4, -0.2) is 50.6 Å². The summed E-state index contributed by atoms with van der Waals surface area (Å²) in [5.41, 5.74) is -2.07. The largest absolute Gasteiger partial charge is 0.360 e. The molecule has 1 aromatic heterocycles. The average Bonchev–Trinajstić information content (AvgIpc) is 3.46. The third-order valence-electron chi connectivity index (χ3n) is 6.97. The van der Waals surface area contributed by atoms with E-state index in [4.69, 9.17) is 20.9 Å². The fourth-order valence-electron chi connectivity index (χ4n) is 5.65. The van der Waals surface area contributed by atoms with Crippen LogP contribution < -0.4 is 10.6 Å². The standard InChI is InChI=1S/C26H29ClN4O5/c1-14-12-17(30-35-14)28-21(32)18-19-23(34)31(13-15-6-8-16(27)9-7-15)20(22(33)29-24(2,3)4)26(19)11-10-25(18,5)36-26/h6-12,18-20H,13H2,1-5H3,(H,29,33)(H,28,30,32)/t18-,19-,20+,25+,26+/m0/s1. The van der Waals surface area contributed by atoms with Crippen molar-refractivity contribution in [3.05, 3.63) is 58.8 Å². The molecule has 2 N–H and O–H groups in total.